The van der Waals surface area contributed by atoms with Gasteiger partial charge in [0.25, 0.3) is 5.56 Å². The van der Waals surface area contributed by atoms with E-state index in [0.29, 0.717) is 23.5 Å². The molecule has 1 atom stereocenters. The molecule has 2 rings (SSSR count). The van der Waals surface area contributed by atoms with Gasteiger partial charge in [0.15, 0.2) is 0 Å². The van der Waals surface area contributed by atoms with E-state index in [1.165, 1.54) is 0 Å². The molecule has 0 bridgehead atoms. The summed E-state index contributed by atoms with van der Waals surface area (Å²) in [6.07, 6.45) is 0. The maximum absolute atomic E-state index is 12.0. The van der Waals surface area contributed by atoms with Crippen LogP contribution in [0.1, 0.15) is 41.2 Å². The number of rotatable bonds is 4. The van der Waals surface area contributed by atoms with Crippen LogP contribution in [0.5, 0.6) is 0 Å². The minimum Gasteiger partial charge on any atom is -0.310 e. The molecule has 0 aliphatic carbocycles. The zero-order valence-electron chi connectivity index (χ0n) is 12.4. The van der Waals surface area contributed by atoms with Gasteiger partial charge in [0.05, 0.1) is 17.2 Å². The SMILES string of the molecule is Cc1nc(C)c(C(C)NCc2cccc(C#N)c2)c(=O)[nH]1. The van der Waals surface area contributed by atoms with Crippen LogP contribution >= 0.6 is 0 Å². The normalized spacial score (nSPS) is 11.9. The van der Waals surface area contributed by atoms with E-state index in [9.17, 15) is 4.79 Å². The van der Waals surface area contributed by atoms with Crippen LogP contribution in [0, 0.1) is 25.2 Å². The molecule has 0 saturated heterocycles. The highest BCUT2D eigenvalue weighted by atomic mass is 16.1. The molecule has 108 valence electrons. The van der Waals surface area contributed by atoms with E-state index in [-0.39, 0.29) is 11.6 Å². The van der Waals surface area contributed by atoms with Gasteiger partial charge in [-0.1, -0.05) is 12.1 Å². The fourth-order valence-corrected chi connectivity index (χ4v) is 2.37. The summed E-state index contributed by atoms with van der Waals surface area (Å²) in [4.78, 5) is 19.1. The summed E-state index contributed by atoms with van der Waals surface area (Å²) >= 11 is 0. The number of aryl methyl sites for hydroxylation is 2. The lowest BCUT2D eigenvalue weighted by Crippen LogP contribution is -2.27. The third-order valence-electron chi connectivity index (χ3n) is 3.37. The average molecular weight is 282 g/mol. The Labute approximate surface area is 123 Å². The Hall–Kier alpha value is -2.45. The number of aromatic nitrogens is 2. The predicted octanol–water partition coefficient (Wildman–Crippen LogP) is 2.11. The Morgan fingerprint density at radius 2 is 2.19 bits per heavy atom. The van der Waals surface area contributed by atoms with Crippen molar-refractivity contribution >= 4 is 0 Å². The second-order valence-electron chi connectivity index (χ2n) is 5.07. The fraction of sp³-hybridized carbons (Fsp3) is 0.312. The molecule has 0 aliphatic rings. The Morgan fingerprint density at radius 3 is 2.86 bits per heavy atom. The number of H-pyrrole nitrogens is 1. The highest BCUT2D eigenvalue weighted by Gasteiger charge is 2.14. The molecule has 5 heteroatoms. The number of nitriles is 1. The summed E-state index contributed by atoms with van der Waals surface area (Å²) in [5.41, 5.74) is 2.92. The van der Waals surface area contributed by atoms with Crippen molar-refractivity contribution in [3.05, 3.63) is 62.8 Å². The highest BCUT2D eigenvalue weighted by molar-refractivity contribution is 5.32. The molecular formula is C16H18N4O. The lowest BCUT2D eigenvalue weighted by Gasteiger charge is -2.15. The topological polar surface area (TPSA) is 81.6 Å². The van der Waals surface area contributed by atoms with Crippen molar-refractivity contribution in [3.8, 4) is 6.07 Å². The summed E-state index contributed by atoms with van der Waals surface area (Å²) in [6, 6.07) is 9.41. The molecular weight excluding hydrogens is 264 g/mol. The molecule has 0 aliphatic heterocycles. The molecule has 2 aromatic rings. The maximum atomic E-state index is 12.0. The third-order valence-corrected chi connectivity index (χ3v) is 3.37. The molecule has 0 fully saturated rings. The summed E-state index contributed by atoms with van der Waals surface area (Å²) in [6.45, 7) is 6.13. The van der Waals surface area contributed by atoms with Crippen LogP contribution in [0.3, 0.4) is 0 Å². The van der Waals surface area contributed by atoms with Crippen molar-refractivity contribution in [3.63, 3.8) is 0 Å². The van der Waals surface area contributed by atoms with Crippen LogP contribution in [0.15, 0.2) is 29.1 Å². The fourth-order valence-electron chi connectivity index (χ4n) is 2.37. The van der Waals surface area contributed by atoms with Crippen LogP contribution in [-0.2, 0) is 6.54 Å². The molecule has 2 N–H and O–H groups in total. The number of nitrogens with one attached hydrogen (secondary N) is 2. The molecule has 21 heavy (non-hydrogen) atoms. The van der Waals surface area contributed by atoms with Gasteiger partial charge in [0, 0.05) is 18.3 Å². The first-order valence-electron chi connectivity index (χ1n) is 6.81. The monoisotopic (exact) mass is 282 g/mol. The van der Waals surface area contributed by atoms with Gasteiger partial charge in [-0.15, -0.1) is 0 Å². The van der Waals surface area contributed by atoms with E-state index < -0.39 is 0 Å². The first kappa shape index (κ1) is 14.9. The van der Waals surface area contributed by atoms with E-state index in [0.717, 1.165) is 11.3 Å². The number of benzene rings is 1. The molecule has 1 aromatic carbocycles. The molecule has 5 nitrogen and oxygen atoms in total. The van der Waals surface area contributed by atoms with Gasteiger partial charge in [-0.3, -0.25) is 4.79 Å². The zero-order chi connectivity index (χ0) is 15.4. The Kier molecular flexibility index (Phi) is 4.51. The smallest absolute Gasteiger partial charge is 0.255 e. The Bertz CT molecular complexity index is 743. The van der Waals surface area contributed by atoms with Crippen molar-refractivity contribution in [2.45, 2.75) is 33.4 Å². The summed E-state index contributed by atoms with van der Waals surface area (Å²) in [5, 5.41) is 12.2. The average Bonchev–Trinajstić information content (AvgIpc) is 2.44. The minimum atomic E-state index is -0.118. The Morgan fingerprint density at radius 1 is 1.43 bits per heavy atom. The molecule has 1 unspecified atom stereocenters. The molecule has 0 saturated carbocycles. The third kappa shape index (κ3) is 3.56. The van der Waals surface area contributed by atoms with Crippen LogP contribution in [0.4, 0.5) is 0 Å². The van der Waals surface area contributed by atoms with Gasteiger partial charge < -0.3 is 10.3 Å². The van der Waals surface area contributed by atoms with Crippen molar-refractivity contribution in [2.24, 2.45) is 0 Å². The molecule has 0 spiro atoms. The summed E-state index contributed by atoms with van der Waals surface area (Å²) < 4.78 is 0. The number of hydrogen-bond donors (Lipinski definition) is 2. The van der Waals surface area contributed by atoms with Gasteiger partial charge in [-0.25, -0.2) is 4.98 Å². The minimum absolute atomic E-state index is 0.106. The number of aromatic amines is 1. The van der Waals surface area contributed by atoms with Gasteiger partial charge in [-0.2, -0.15) is 5.26 Å². The van der Waals surface area contributed by atoms with Gasteiger partial charge in [0.2, 0.25) is 0 Å². The van der Waals surface area contributed by atoms with Crippen molar-refractivity contribution in [2.75, 3.05) is 0 Å². The second-order valence-corrected chi connectivity index (χ2v) is 5.07. The summed E-state index contributed by atoms with van der Waals surface area (Å²) in [5.74, 6) is 0.621. The van der Waals surface area contributed by atoms with Gasteiger partial charge in [-0.05, 0) is 38.5 Å². The second kappa shape index (κ2) is 6.33. The van der Waals surface area contributed by atoms with E-state index in [1.807, 2.05) is 32.0 Å². The van der Waals surface area contributed by atoms with E-state index >= 15 is 0 Å². The van der Waals surface area contributed by atoms with E-state index in [2.05, 4.69) is 21.4 Å². The van der Waals surface area contributed by atoms with Gasteiger partial charge in [0.1, 0.15) is 5.82 Å². The van der Waals surface area contributed by atoms with Crippen molar-refractivity contribution in [1.29, 1.82) is 5.26 Å². The maximum Gasteiger partial charge on any atom is 0.255 e. The first-order valence-corrected chi connectivity index (χ1v) is 6.81. The van der Waals surface area contributed by atoms with Crippen LogP contribution in [-0.4, -0.2) is 9.97 Å². The number of nitrogens with zero attached hydrogens (tertiary/aromatic N) is 2. The molecule has 1 aromatic heterocycles. The predicted molar refractivity (Wildman–Crippen MR) is 80.7 cm³/mol. The van der Waals surface area contributed by atoms with Crippen LogP contribution in [0.2, 0.25) is 0 Å². The Balaban J connectivity index is 2.14. The van der Waals surface area contributed by atoms with E-state index in [1.54, 1.807) is 13.0 Å². The lowest BCUT2D eigenvalue weighted by molar-refractivity contribution is 0.562. The van der Waals surface area contributed by atoms with Crippen LogP contribution in [0.25, 0.3) is 0 Å². The van der Waals surface area contributed by atoms with E-state index in [4.69, 9.17) is 5.26 Å². The molecule has 1 heterocycles. The zero-order valence-corrected chi connectivity index (χ0v) is 12.4. The quantitative estimate of drug-likeness (QED) is 0.900. The van der Waals surface area contributed by atoms with Crippen molar-refractivity contribution in [1.82, 2.24) is 15.3 Å². The molecule has 0 radical (unpaired) electrons. The largest absolute Gasteiger partial charge is 0.310 e. The highest BCUT2D eigenvalue weighted by Crippen LogP contribution is 2.12. The molecule has 0 amide bonds. The standard InChI is InChI=1S/C16H18N4O/c1-10(15-11(2)19-12(3)20-16(15)21)18-9-14-6-4-5-13(7-14)8-17/h4-7,10,18H,9H2,1-3H3,(H,19,20,21). The van der Waals surface area contributed by atoms with Crippen LogP contribution < -0.4 is 10.9 Å². The summed E-state index contributed by atoms with van der Waals surface area (Å²) in [7, 11) is 0. The lowest BCUT2D eigenvalue weighted by atomic mass is 10.1. The van der Waals surface area contributed by atoms with Gasteiger partial charge >= 0.3 is 0 Å². The first-order chi connectivity index (χ1) is 10.0. The van der Waals surface area contributed by atoms with Crippen molar-refractivity contribution < 1.29 is 0 Å². The number of hydrogen-bond acceptors (Lipinski definition) is 4.